The van der Waals surface area contributed by atoms with Crippen molar-refractivity contribution in [2.24, 2.45) is 5.41 Å². The van der Waals surface area contributed by atoms with Crippen LogP contribution in [0.4, 0.5) is 5.69 Å². The van der Waals surface area contributed by atoms with E-state index in [1.807, 2.05) is 39.8 Å². The summed E-state index contributed by atoms with van der Waals surface area (Å²) in [5.74, 6) is -3.12. The number of hydrogen-bond donors (Lipinski definition) is 3. The minimum Gasteiger partial charge on any atom is -0.478 e. The minimum atomic E-state index is -5.27. The van der Waals surface area contributed by atoms with Gasteiger partial charge in [-0.1, -0.05) is 61.7 Å². The van der Waals surface area contributed by atoms with E-state index < -0.39 is 74.6 Å². The van der Waals surface area contributed by atoms with Crippen LogP contribution in [0.3, 0.4) is 0 Å². The zero-order chi connectivity index (χ0) is 43.7. The van der Waals surface area contributed by atoms with Crippen molar-refractivity contribution in [3.8, 4) is 11.5 Å². The summed E-state index contributed by atoms with van der Waals surface area (Å²) < 4.78 is 85.3. The van der Waals surface area contributed by atoms with E-state index in [1.165, 1.54) is 0 Å². The second-order valence-corrected chi connectivity index (χ2v) is 21.6. The number of rotatable bonds is 7. The van der Waals surface area contributed by atoms with Crippen molar-refractivity contribution in [3.05, 3.63) is 77.7 Å². The number of carbonyl (C=O) groups is 2. The Bertz CT molecular complexity index is 2870. The molecular weight excluding hydrogens is 871 g/mol. The van der Waals surface area contributed by atoms with Gasteiger partial charge in [0.1, 0.15) is 12.8 Å². The highest BCUT2D eigenvalue weighted by Crippen LogP contribution is 2.54. The summed E-state index contributed by atoms with van der Waals surface area (Å²) >= 11 is 21.7. The van der Waals surface area contributed by atoms with E-state index in [0.29, 0.717) is 22.3 Å². The van der Waals surface area contributed by atoms with Crippen molar-refractivity contribution in [1.29, 1.82) is 0 Å². The second kappa shape index (κ2) is 14.1. The Morgan fingerprint density at radius 1 is 0.862 bits per heavy atom. The number of aromatic carboxylic acids is 1. The van der Waals surface area contributed by atoms with Gasteiger partial charge in [0.05, 0.1) is 43.2 Å². The molecule has 0 spiro atoms. The first-order valence-electron chi connectivity index (χ1n) is 17.7. The SMILES string of the molecule is CC1=CC(C)(C)N(C)c2c1cc1c(c2S(=O)(=O)O)Oc2c(S(=O)(=O)O)c3c(cc2=C1c1c(Cl)c(SCC(=O)C(C)(C)C)c(Cl)c(Cl)c1C(=O)O)C(C)=CC(C)(C)[N+]=3C. The van der Waals surface area contributed by atoms with Gasteiger partial charge in [-0.3, -0.25) is 13.9 Å². The maximum Gasteiger partial charge on any atom is 0.337 e. The van der Waals surface area contributed by atoms with Crippen LogP contribution in [-0.2, 0) is 25.0 Å². The molecule has 3 heterocycles. The number of carboxylic acid groups (broad SMARTS) is 1. The Hall–Kier alpha value is -3.41. The molecule has 0 unspecified atom stereocenters. The predicted molar refractivity (Wildman–Crippen MR) is 228 cm³/mol. The van der Waals surface area contributed by atoms with Crippen molar-refractivity contribution < 1.29 is 45.4 Å². The smallest absolute Gasteiger partial charge is 0.337 e. The third kappa shape index (κ3) is 6.98. The average molecular weight is 913 g/mol. The van der Waals surface area contributed by atoms with E-state index in [4.69, 9.17) is 39.5 Å². The maximum atomic E-state index is 13.8. The van der Waals surface area contributed by atoms with Gasteiger partial charge in [-0.15, -0.1) is 11.8 Å². The normalized spacial score (nSPS) is 17.1. The predicted octanol–water partition coefficient (Wildman–Crippen LogP) is 7.85. The van der Waals surface area contributed by atoms with Crippen LogP contribution in [0.15, 0.2) is 39.0 Å². The molecule has 0 bridgehead atoms. The van der Waals surface area contributed by atoms with E-state index in [2.05, 4.69) is 0 Å². The van der Waals surface area contributed by atoms with E-state index >= 15 is 0 Å². The Morgan fingerprint density at radius 3 is 1.97 bits per heavy atom. The van der Waals surface area contributed by atoms with Crippen LogP contribution >= 0.6 is 46.6 Å². The molecule has 18 heteroatoms. The summed E-state index contributed by atoms with van der Waals surface area (Å²) in [5.41, 5.74) is -1.86. The Labute approximate surface area is 356 Å². The van der Waals surface area contributed by atoms with Crippen LogP contribution < -0.4 is 24.8 Å². The maximum absolute atomic E-state index is 13.8. The quantitative estimate of drug-likeness (QED) is 0.0709. The molecule has 0 atom stereocenters. The van der Waals surface area contributed by atoms with Crippen molar-refractivity contribution in [2.45, 2.75) is 88.1 Å². The number of ether oxygens (including phenoxy) is 1. The Morgan fingerprint density at radius 2 is 1.43 bits per heavy atom. The molecule has 0 radical (unpaired) electrons. The largest absolute Gasteiger partial charge is 0.478 e. The molecule has 58 heavy (non-hydrogen) atoms. The minimum absolute atomic E-state index is 0.00748. The van der Waals surface area contributed by atoms with E-state index in [9.17, 15) is 40.6 Å². The standard InChI is InChI=1S/C40H41Cl3N2O10S3/c1-17-14-39(6,7)44(10)30-19(17)12-21-24(25-26(37(47)48)27(41)29(43)34(28(25)42)56-16-23(46)38(3,4)5)22-13-20-18(2)15-40(8,9)45(11)31(20)36(58(52,53)54)33(22)55-32(21)35(30)57(49,50)51/h12-15H,16H2,1-11H3,(H2-,47,48,49,50,51,52,53,54)/p+1. The van der Waals surface area contributed by atoms with Crippen LogP contribution in [0, 0.1) is 5.41 Å². The number of fused-ring (bicyclic) bond motifs is 4. The molecule has 0 aromatic heterocycles. The van der Waals surface area contributed by atoms with Gasteiger partial charge in [0.2, 0.25) is 10.3 Å². The van der Waals surface area contributed by atoms with Crippen LogP contribution in [0.5, 0.6) is 11.5 Å². The third-order valence-electron chi connectivity index (χ3n) is 11.0. The highest BCUT2D eigenvalue weighted by atomic mass is 35.5. The van der Waals surface area contributed by atoms with Crippen LogP contribution in [-0.4, -0.2) is 73.7 Å². The molecular formula is C40H42Cl3N2O10S3+. The first-order valence-corrected chi connectivity index (χ1v) is 22.7. The van der Waals surface area contributed by atoms with Crippen LogP contribution in [0.25, 0.3) is 16.7 Å². The van der Waals surface area contributed by atoms with Gasteiger partial charge >= 0.3 is 16.1 Å². The van der Waals surface area contributed by atoms with Gasteiger partial charge in [0.25, 0.3) is 10.1 Å². The number of carboxylic acids is 1. The molecule has 0 aliphatic carbocycles. The van der Waals surface area contributed by atoms with Crippen molar-refractivity contribution in [1.82, 2.24) is 4.58 Å². The van der Waals surface area contributed by atoms with Crippen molar-refractivity contribution >= 4 is 101 Å². The molecule has 0 saturated carbocycles. The number of benzene rings is 3. The molecule has 12 nitrogen and oxygen atoms in total. The molecule has 0 fully saturated rings. The summed E-state index contributed by atoms with van der Waals surface area (Å²) in [7, 11) is -7.33. The highest BCUT2D eigenvalue weighted by Gasteiger charge is 2.44. The molecule has 3 aliphatic rings. The fraction of sp³-hybridized carbons (Fsp3) is 0.375. The first kappa shape index (κ1) is 44.2. The molecule has 3 aliphatic heterocycles. The van der Waals surface area contributed by atoms with Crippen molar-refractivity contribution in [2.75, 3.05) is 24.7 Å². The van der Waals surface area contributed by atoms with Gasteiger partial charge in [-0.25, -0.2) is 9.37 Å². The van der Waals surface area contributed by atoms with Gasteiger partial charge in [-0.05, 0) is 57.0 Å². The molecule has 3 aromatic carbocycles. The second-order valence-electron chi connectivity index (χ2n) is 16.8. The molecule has 310 valence electrons. The van der Waals surface area contributed by atoms with Crippen LogP contribution in [0.2, 0.25) is 15.1 Å². The van der Waals surface area contributed by atoms with Crippen molar-refractivity contribution in [3.63, 3.8) is 0 Å². The first-order chi connectivity index (χ1) is 26.3. The van der Waals surface area contributed by atoms with Crippen LogP contribution in [0.1, 0.15) is 94.9 Å². The third-order valence-corrected chi connectivity index (χ3v) is 15.3. The fourth-order valence-electron chi connectivity index (χ4n) is 7.64. The highest BCUT2D eigenvalue weighted by molar-refractivity contribution is 8.00. The lowest BCUT2D eigenvalue weighted by molar-refractivity contribution is -0.123. The molecule has 3 N–H and O–H groups in total. The van der Waals surface area contributed by atoms with E-state index in [1.54, 1.807) is 70.3 Å². The number of likely N-dealkylation sites (N-methyl/N-ethyl adjacent to an activating group) is 2. The number of allylic oxidation sites excluding steroid dienone is 2. The summed E-state index contributed by atoms with van der Waals surface area (Å²) in [6, 6.07) is 3.08. The summed E-state index contributed by atoms with van der Waals surface area (Å²) in [4.78, 5) is 26.6. The summed E-state index contributed by atoms with van der Waals surface area (Å²) in [5, 5.41) is 9.69. The molecule has 6 rings (SSSR count). The number of halogens is 3. The zero-order valence-electron chi connectivity index (χ0n) is 33.5. The lowest BCUT2D eigenvalue weighted by Crippen LogP contribution is -2.49. The zero-order valence-corrected chi connectivity index (χ0v) is 38.2. The number of hydrogen-bond acceptors (Lipinski definition) is 9. The van der Waals surface area contributed by atoms with Gasteiger partial charge in [0, 0.05) is 58.7 Å². The number of ketones is 1. The number of nitrogens with zero attached hydrogens (tertiary/aromatic N) is 2. The van der Waals surface area contributed by atoms with Gasteiger partial charge in [-0.2, -0.15) is 16.8 Å². The van der Waals surface area contributed by atoms with Gasteiger partial charge in [0.15, 0.2) is 21.9 Å². The Balaban J connectivity index is 1.98. The lowest BCUT2D eigenvalue weighted by Gasteiger charge is -2.42. The Kier molecular flexibility index (Phi) is 10.7. The number of anilines is 1. The number of thioether (sulfide) groups is 1. The number of Topliss-reactive ketones (excluding diaryl/α,β-unsaturated/α-hetero) is 1. The molecule has 3 aromatic rings. The monoisotopic (exact) mass is 911 g/mol. The topological polar surface area (TPSA) is 179 Å². The van der Waals surface area contributed by atoms with Gasteiger partial charge < -0.3 is 14.7 Å². The molecule has 0 saturated heterocycles. The molecule has 0 amide bonds. The fourth-order valence-corrected chi connectivity index (χ4v) is 11.7. The van der Waals surface area contributed by atoms with E-state index in [0.717, 1.165) is 11.8 Å². The summed E-state index contributed by atoms with van der Waals surface area (Å²) in [6.45, 7) is 15.9. The van der Waals surface area contributed by atoms with E-state index in [-0.39, 0.29) is 59.4 Å². The summed E-state index contributed by atoms with van der Waals surface area (Å²) in [6.07, 6.45) is 3.75. The number of carbonyl (C=O) groups excluding carboxylic acids is 1. The lowest BCUT2D eigenvalue weighted by atomic mass is 9.83. The average Bonchev–Trinajstić information content (AvgIpc) is 3.06.